The van der Waals surface area contributed by atoms with Crippen molar-refractivity contribution in [3.8, 4) is 0 Å². The lowest BCUT2D eigenvalue weighted by atomic mass is 10.0. The van der Waals surface area contributed by atoms with Crippen molar-refractivity contribution in [3.63, 3.8) is 0 Å². The molecule has 3 rings (SSSR count). The van der Waals surface area contributed by atoms with E-state index in [2.05, 4.69) is 26.6 Å². The summed E-state index contributed by atoms with van der Waals surface area (Å²) in [4.78, 5) is 50.4. The molecule has 0 saturated carbocycles. The van der Waals surface area contributed by atoms with Crippen LogP contribution in [0.15, 0.2) is 40.2 Å². The Labute approximate surface area is 167 Å². The number of anilines is 1. The summed E-state index contributed by atoms with van der Waals surface area (Å²) in [6, 6.07) is 9.38. The van der Waals surface area contributed by atoms with Crippen LogP contribution in [0.2, 0.25) is 0 Å². The third kappa shape index (κ3) is 3.79. The highest BCUT2D eigenvalue weighted by Gasteiger charge is 2.50. The number of nitrogens with zero attached hydrogens (tertiary/aromatic N) is 1. The van der Waals surface area contributed by atoms with Crippen LogP contribution in [0.3, 0.4) is 0 Å². The maximum Gasteiger partial charge on any atom is 0.325 e. The number of nitrogens with one attached hydrogen (secondary N) is 2. The summed E-state index contributed by atoms with van der Waals surface area (Å²) in [5.74, 6) is -1.15. The van der Waals surface area contributed by atoms with Gasteiger partial charge in [0.05, 0.1) is 3.79 Å². The number of hydrogen-bond donors (Lipinski definition) is 2. The van der Waals surface area contributed by atoms with E-state index in [1.165, 1.54) is 18.3 Å². The molecule has 2 aromatic rings. The Bertz CT molecular complexity index is 958. The van der Waals surface area contributed by atoms with Crippen molar-refractivity contribution in [2.24, 2.45) is 0 Å². The number of imide groups is 1. The molecule has 1 unspecified atom stereocenters. The average Bonchev–Trinajstić information content (AvgIpc) is 3.13. The summed E-state index contributed by atoms with van der Waals surface area (Å²) in [5.41, 5.74) is -0.328. The lowest BCUT2D eigenvalue weighted by Crippen LogP contribution is -2.41. The smallest absolute Gasteiger partial charge is 0.325 e. The van der Waals surface area contributed by atoms with Gasteiger partial charge in [-0.3, -0.25) is 19.3 Å². The molecule has 4 amide bonds. The second-order valence-corrected chi connectivity index (χ2v) is 8.70. The Kier molecular flexibility index (Phi) is 5.16. The summed E-state index contributed by atoms with van der Waals surface area (Å²) in [6.07, 6.45) is 0. The second kappa shape index (κ2) is 7.24. The number of amides is 4. The first-order chi connectivity index (χ1) is 12.7. The standard InChI is InChI=1S/C18H16BrN3O4S/c1-10(23)11-4-3-5-12(8-11)20-15(24)9-22-16(25)18(2,21-17(22)26)13-6-7-14(19)27-13/h3-8H,9H2,1-2H3,(H,20,24)(H,21,26). The average molecular weight is 450 g/mol. The van der Waals surface area contributed by atoms with Gasteiger partial charge in [0.25, 0.3) is 5.91 Å². The highest BCUT2D eigenvalue weighted by molar-refractivity contribution is 9.11. The minimum Gasteiger partial charge on any atom is -0.325 e. The van der Waals surface area contributed by atoms with Crippen molar-refractivity contribution in [1.29, 1.82) is 0 Å². The highest BCUT2D eigenvalue weighted by Crippen LogP contribution is 2.35. The molecule has 1 aromatic carbocycles. The van der Waals surface area contributed by atoms with Crippen LogP contribution in [0.1, 0.15) is 29.1 Å². The zero-order valence-electron chi connectivity index (χ0n) is 14.5. The lowest BCUT2D eigenvalue weighted by Gasteiger charge is -2.20. The number of halogens is 1. The molecule has 2 heterocycles. The largest absolute Gasteiger partial charge is 0.325 e. The monoisotopic (exact) mass is 449 g/mol. The highest BCUT2D eigenvalue weighted by atomic mass is 79.9. The predicted molar refractivity (Wildman–Crippen MR) is 105 cm³/mol. The van der Waals surface area contributed by atoms with Crippen LogP contribution in [0.4, 0.5) is 10.5 Å². The molecule has 1 atom stereocenters. The van der Waals surface area contributed by atoms with Crippen LogP contribution in [-0.2, 0) is 15.1 Å². The third-order valence-electron chi connectivity index (χ3n) is 4.20. The van der Waals surface area contributed by atoms with Gasteiger partial charge in [-0.05, 0) is 54.0 Å². The number of urea groups is 1. The van der Waals surface area contributed by atoms with Gasteiger partial charge in [-0.2, -0.15) is 0 Å². The third-order valence-corrected chi connectivity index (χ3v) is 6.04. The molecule has 0 bridgehead atoms. The van der Waals surface area contributed by atoms with Gasteiger partial charge in [-0.15, -0.1) is 11.3 Å². The number of carbonyl (C=O) groups excluding carboxylic acids is 4. The van der Waals surface area contributed by atoms with E-state index in [4.69, 9.17) is 0 Å². The lowest BCUT2D eigenvalue weighted by molar-refractivity contribution is -0.133. The topological polar surface area (TPSA) is 95.6 Å². The molecule has 0 radical (unpaired) electrons. The Morgan fingerprint density at radius 2 is 2.00 bits per heavy atom. The Morgan fingerprint density at radius 3 is 2.63 bits per heavy atom. The summed E-state index contributed by atoms with van der Waals surface area (Å²) in [6.45, 7) is 2.62. The van der Waals surface area contributed by atoms with Gasteiger partial charge in [-0.25, -0.2) is 4.79 Å². The Hall–Kier alpha value is -2.52. The molecule has 7 nitrogen and oxygen atoms in total. The molecule has 1 saturated heterocycles. The molecule has 0 aliphatic carbocycles. The number of Topliss-reactive ketones (excluding diaryl/α,β-unsaturated/α-hetero) is 1. The number of hydrogen-bond acceptors (Lipinski definition) is 5. The van der Waals surface area contributed by atoms with Crippen LogP contribution >= 0.6 is 27.3 Å². The second-order valence-electron chi connectivity index (χ2n) is 6.24. The van der Waals surface area contributed by atoms with Crippen molar-refractivity contribution < 1.29 is 19.2 Å². The molecule has 1 aliphatic rings. The van der Waals surface area contributed by atoms with E-state index in [0.717, 1.165) is 8.69 Å². The minimum absolute atomic E-state index is 0.127. The van der Waals surface area contributed by atoms with E-state index in [1.54, 1.807) is 43.3 Å². The maximum absolute atomic E-state index is 12.8. The first kappa shape index (κ1) is 19.2. The van der Waals surface area contributed by atoms with Gasteiger partial charge in [0.2, 0.25) is 5.91 Å². The van der Waals surface area contributed by atoms with Crippen LogP contribution < -0.4 is 10.6 Å². The van der Waals surface area contributed by atoms with Crippen LogP contribution in [0, 0.1) is 0 Å². The van der Waals surface area contributed by atoms with E-state index in [1.807, 2.05) is 0 Å². The number of thiophene rings is 1. The fourth-order valence-corrected chi connectivity index (χ4v) is 4.23. The quantitative estimate of drug-likeness (QED) is 0.541. The number of benzene rings is 1. The molecule has 2 N–H and O–H groups in total. The molecule has 0 spiro atoms. The molecule has 27 heavy (non-hydrogen) atoms. The molecule has 1 aromatic heterocycles. The zero-order chi connectivity index (χ0) is 19.8. The van der Waals surface area contributed by atoms with E-state index in [0.29, 0.717) is 16.1 Å². The van der Waals surface area contributed by atoms with Crippen molar-refractivity contribution in [2.45, 2.75) is 19.4 Å². The molecule has 1 aliphatic heterocycles. The van der Waals surface area contributed by atoms with Gasteiger partial charge in [-0.1, -0.05) is 12.1 Å². The first-order valence-corrected chi connectivity index (χ1v) is 9.62. The zero-order valence-corrected chi connectivity index (χ0v) is 16.9. The fraction of sp³-hybridized carbons (Fsp3) is 0.222. The molecule has 140 valence electrons. The molecular weight excluding hydrogens is 434 g/mol. The van der Waals surface area contributed by atoms with E-state index in [-0.39, 0.29) is 5.78 Å². The van der Waals surface area contributed by atoms with Crippen molar-refractivity contribution in [3.05, 3.63) is 50.6 Å². The van der Waals surface area contributed by atoms with E-state index < -0.39 is 29.9 Å². The summed E-state index contributed by atoms with van der Waals surface area (Å²) < 4.78 is 0.835. The molecule has 9 heteroatoms. The fourth-order valence-electron chi connectivity index (χ4n) is 2.75. The maximum atomic E-state index is 12.8. The Morgan fingerprint density at radius 1 is 1.26 bits per heavy atom. The van der Waals surface area contributed by atoms with Crippen molar-refractivity contribution in [1.82, 2.24) is 10.2 Å². The van der Waals surface area contributed by atoms with Gasteiger partial charge < -0.3 is 10.6 Å². The Balaban J connectivity index is 1.73. The summed E-state index contributed by atoms with van der Waals surface area (Å²) in [7, 11) is 0. The van der Waals surface area contributed by atoms with Gasteiger partial charge >= 0.3 is 6.03 Å². The number of ketones is 1. The molecular formula is C18H16BrN3O4S. The van der Waals surface area contributed by atoms with E-state index in [9.17, 15) is 19.2 Å². The SMILES string of the molecule is CC(=O)c1cccc(NC(=O)CN2C(=O)NC(C)(c3ccc(Br)s3)C2=O)c1. The van der Waals surface area contributed by atoms with Crippen LogP contribution in [-0.4, -0.2) is 35.1 Å². The van der Waals surface area contributed by atoms with E-state index >= 15 is 0 Å². The normalized spacial score (nSPS) is 19.1. The van der Waals surface area contributed by atoms with Crippen molar-refractivity contribution >= 4 is 56.6 Å². The van der Waals surface area contributed by atoms with Gasteiger partial charge in [0.1, 0.15) is 6.54 Å². The molecule has 1 fully saturated rings. The predicted octanol–water partition coefficient (Wildman–Crippen LogP) is 3.12. The summed E-state index contributed by atoms with van der Waals surface area (Å²) >= 11 is 4.68. The number of carbonyl (C=O) groups is 4. The van der Waals surface area contributed by atoms with Crippen LogP contribution in [0.25, 0.3) is 0 Å². The number of rotatable bonds is 5. The van der Waals surface area contributed by atoms with Gasteiger partial charge in [0.15, 0.2) is 11.3 Å². The van der Waals surface area contributed by atoms with Crippen molar-refractivity contribution in [2.75, 3.05) is 11.9 Å². The summed E-state index contributed by atoms with van der Waals surface area (Å²) in [5, 5.41) is 5.26. The first-order valence-electron chi connectivity index (χ1n) is 8.01. The van der Waals surface area contributed by atoms with Gasteiger partial charge in [0, 0.05) is 16.1 Å². The minimum atomic E-state index is -1.21. The van der Waals surface area contributed by atoms with Crippen LogP contribution in [0.5, 0.6) is 0 Å².